The maximum Gasteiger partial charge on any atom is 0.261 e. The molecule has 0 spiro atoms. The molecule has 1 N–H and O–H groups in total. The second-order valence-corrected chi connectivity index (χ2v) is 6.48. The molecule has 2 aromatic carbocycles. The Balaban J connectivity index is 2.11. The Bertz CT molecular complexity index is 858. The Kier molecular flexibility index (Phi) is 7.90. The number of carbonyl (C=O) groups is 1. The standard InChI is InChI=1S/C21H21BrN2O3/c1-3-27-20-18(22)12-16(13-19(20)26-2)11-17(14-23)21(25)24-10-9-15-7-5-4-6-8-15/h4-8,11-13H,3,9-10H2,1-2H3,(H,24,25)/b17-11+. The molecule has 1 amide bonds. The maximum absolute atomic E-state index is 12.3. The highest BCUT2D eigenvalue weighted by atomic mass is 79.9. The smallest absolute Gasteiger partial charge is 0.261 e. The molecule has 0 aromatic heterocycles. The summed E-state index contributed by atoms with van der Waals surface area (Å²) in [4.78, 5) is 12.3. The first-order valence-electron chi connectivity index (χ1n) is 8.53. The number of carbonyl (C=O) groups excluding carboxylic acids is 1. The molecule has 27 heavy (non-hydrogen) atoms. The van der Waals surface area contributed by atoms with E-state index in [0.717, 1.165) is 5.56 Å². The lowest BCUT2D eigenvalue weighted by Gasteiger charge is -2.12. The maximum atomic E-state index is 12.3. The van der Waals surface area contributed by atoms with E-state index in [1.54, 1.807) is 19.2 Å². The zero-order valence-electron chi connectivity index (χ0n) is 15.3. The summed E-state index contributed by atoms with van der Waals surface area (Å²) in [7, 11) is 1.54. The number of nitrogens with zero attached hydrogens (tertiary/aromatic N) is 1. The van der Waals surface area contributed by atoms with E-state index in [0.29, 0.717) is 41.1 Å². The first-order valence-corrected chi connectivity index (χ1v) is 9.32. The van der Waals surface area contributed by atoms with E-state index in [1.807, 2.05) is 43.3 Å². The van der Waals surface area contributed by atoms with Gasteiger partial charge in [0, 0.05) is 6.54 Å². The van der Waals surface area contributed by atoms with Crippen LogP contribution < -0.4 is 14.8 Å². The van der Waals surface area contributed by atoms with Gasteiger partial charge in [0.2, 0.25) is 0 Å². The summed E-state index contributed by atoms with van der Waals surface area (Å²) in [5.74, 6) is 0.708. The molecule has 5 nitrogen and oxygen atoms in total. The second-order valence-electron chi connectivity index (χ2n) is 5.63. The van der Waals surface area contributed by atoms with E-state index in [1.165, 1.54) is 6.08 Å². The number of hydrogen-bond donors (Lipinski definition) is 1. The quantitative estimate of drug-likeness (QED) is 0.506. The zero-order valence-corrected chi connectivity index (χ0v) is 16.9. The highest BCUT2D eigenvalue weighted by molar-refractivity contribution is 9.10. The largest absolute Gasteiger partial charge is 0.493 e. The molecule has 0 saturated heterocycles. The van der Waals surface area contributed by atoms with Crippen molar-refractivity contribution in [2.75, 3.05) is 20.3 Å². The van der Waals surface area contributed by atoms with Gasteiger partial charge in [-0.1, -0.05) is 30.3 Å². The summed E-state index contributed by atoms with van der Waals surface area (Å²) in [5, 5.41) is 12.1. The van der Waals surface area contributed by atoms with Gasteiger partial charge in [-0.2, -0.15) is 5.26 Å². The molecule has 0 unspecified atom stereocenters. The predicted molar refractivity (Wildman–Crippen MR) is 109 cm³/mol. The number of nitrogens with one attached hydrogen (secondary N) is 1. The molecule has 0 atom stereocenters. The van der Waals surface area contributed by atoms with Crippen molar-refractivity contribution in [3.05, 3.63) is 63.6 Å². The summed E-state index contributed by atoms with van der Waals surface area (Å²) >= 11 is 3.44. The Hall–Kier alpha value is -2.78. The summed E-state index contributed by atoms with van der Waals surface area (Å²) < 4.78 is 11.6. The van der Waals surface area contributed by atoms with Crippen molar-refractivity contribution in [1.29, 1.82) is 5.26 Å². The molecule has 0 aliphatic rings. The fraction of sp³-hybridized carbons (Fsp3) is 0.238. The number of halogens is 1. The Morgan fingerprint density at radius 1 is 1.30 bits per heavy atom. The molecule has 140 valence electrons. The highest BCUT2D eigenvalue weighted by Crippen LogP contribution is 2.37. The van der Waals surface area contributed by atoms with Gasteiger partial charge >= 0.3 is 0 Å². The molecule has 0 bridgehead atoms. The lowest BCUT2D eigenvalue weighted by molar-refractivity contribution is -0.117. The molecule has 0 fully saturated rings. The number of nitriles is 1. The topological polar surface area (TPSA) is 71.3 Å². The number of hydrogen-bond acceptors (Lipinski definition) is 4. The van der Waals surface area contributed by atoms with Gasteiger partial charge in [0.25, 0.3) is 5.91 Å². The van der Waals surface area contributed by atoms with Crippen LogP contribution in [0.5, 0.6) is 11.5 Å². The van der Waals surface area contributed by atoms with E-state index in [4.69, 9.17) is 9.47 Å². The lowest BCUT2D eigenvalue weighted by atomic mass is 10.1. The van der Waals surface area contributed by atoms with Crippen LogP contribution in [0.2, 0.25) is 0 Å². The molecular formula is C21H21BrN2O3. The molecule has 6 heteroatoms. The van der Waals surface area contributed by atoms with Crippen LogP contribution in [0, 0.1) is 11.3 Å². The Labute approximate surface area is 167 Å². The number of benzene rings is 2. The number of ether oxygens (including phenoxy) is 2. The van der Waals surface area contributed by atoms with E-state index in [2.05, 4.69) is 21.2 Å². The van der Waals surface area contributed by atoms with Crippen LogP contribution in [0.15, 0.2) is 52.5 Å². The molecule has 0 aliphatic heterocycles. The molecular weight excluding hydrogens is 408 g/mol. The fourth-order valence-electron chi connectivity index (χ4n) is 2.48. The van der Waals surface area contributed by atoms with Crippen LogP contribution in [0.25, 0.3) is 6.08 Å². The molecule has 0 saturated carbocycles. The third-order valence-corrected chi connectivity index (χ3v) is 4.35. The van der Waals surface area contributed by atoms with Crippen molar-refractivity contribution in [2.45, 2.75) is 13.3 Å². The van der Waals surface area contributed by atoms with Crippen LogP contribution in [0.4, 0.5) is 0 Å². The van der Waals surface area contributed by atoms with E-state index in [9.17, 15) is 10.1 Å². The molecule has 2 rings (SSSR count). The minimum atomic E-state index is -0.405. The summed E-state index contributed by atoms with van der Waals surface area (Å²) in [6, 6.07) is 15.3. The molecule has 0 aliphatic carbocycles. The molecule has 0 heterocycles. The Morgan fingerprint density at radius 3 is 2.67 bits per heavy atom. The van der Waals surface area contributed by atoms with Gasteiger partial charge in [-0.15, -0.1) is 0 Å². The van der Waals surface area contributed by atoms with Gasteiger partial charge in [-0.3, -0.25) is 4.79 Å². The third kappa shape index (κ3) is 5.87. The first-order chi connectivity index (χ1) is 13.1. The van der Waals surface area contributed by atoms with Crippen LogP contribution in [0.3, 0.4) is 0 Å². The minimum absolute atomic E-state index is 0.0289. The molecule has 2 aromatic rings. The Morgan fingerprint density at radius 2 is 2.04 bits per heavy atom. The van der Waals surface area contributed by atoms with E-state index < -0.39 is 5.91 Å². The van der Waals surface area contributed by atoms with Crippen LogP contribution in [-0.4, -0.2) is 26.2 Å². The number of amides is 1. The molecule has 0 radical (unpaired) electrons. The van der Waals surface area contributed by atoms with E-state index in [-0.39, 0.29) is 5.57 Å². The minimum Gasteiger partial charge on any atom is -0.493 e. The van der Waals surface area contributed by atoms with Crippen molar-refractivity contribution in [2.24, 2.45) is 0 Å². The van der Waals surface area contributed by atoms with Gasteiger partial charge in [-0.05, 0) is 58.6 Å². The summed E-state index contributed by atoms with van der Waals surface area (Å²) in [6.07, 6.45) is 2.23. The zero-order chi connectivity index (χ0) is 19.6. The lowest BCUT2D eigenvalue weighted by Crippen LogP contribution is -2.26. The van der Waals surface area contributed by atoms with Gasteiger partial charge in [0.05, 0.1) is 18.2 Å². The van der Waals surface area contributed by atoms with Crippen LogP contribution >= 0.6 is 15.9 Å². The normalized spacial score (nSPS) is 10.8. The van der Waals surface area contributed by atoms with Crippen LogP contribution in [-0.2, 0) is 11.2 Å². The fourth-order valence-corrected chi connectivity index (χ4v) is 3.06. The summed E-state index contributed by atoms with van der Waals surface area (Å²) in [6.45, 7) is 2.84. The number of rotatable bonds is 8. The monoisotopic (exact) mass is 428 g/mol. The van der Waals surface area contributed by atoms with Crippen molar-refractivity contribution in [3.8, 4) is 17.6 Å². The van der Waals surface area contributed by atoms with Crippen molar-refractivity contribution in [3.63, 3.8) is 0 Å². The van der Waals surface area contributed by atoms with E-state index >= 15 is 0 Å². The van der Waals surface area contributed by atoms with Crippen molar-refractivity contribution < 1.29 is 14.3 Å². The SMILES string of the molecule is CCOc1c(Br)cc(/C=C(\C#N)C(=O)NCCc2ccccc2)cc1OC. The number of methoxy groups -OCH3 is 1. The average molecular weight is 429 g/mol. The van der Waals surface area contributed by atoms with Crippen LogP contribution in [0.1, 0.15) is 18.1 Å². The van der Waals surface area contributed by atoms with Gasteiger partial charge in [-0.25, -0.2) is 0 Å². The first kappa shape index (κ1) is 20.5. The average Bonchev–Trinajstić information content (AvgIpc) is 2.68. The summed E-state index contributed by atoms with van der Waals surface area (Å²) in [5.41, 5.74) is 1.82. The highest BCUT2D eigenvalue weighted by Gasteiger charge is 2.13. The third-order valence-electron chi connectivity index (χ3n) is 3.76. The van der Waals surface area contributed by atoms with Crippen molar-refractivity contribution in [1.82, 2.24) is 5.32 Å². The van der Waals surface area contributed by atoms with Gasteiger partial charge < -0.3 is 14.8 Å². The second kappa shape index (κ2) is 10.4. The van der Waals surface area contributed by atoms with Crippen molar-refractivity contribution >= 4 is 27.9 Å². The predicted octanol–water partition coefficient (Wildman–Crippen LogP) is 4.12. The van der Waals surface area contributed by atoms with Gasteiger partial charge in [0.1, 0.15) is 11.6 Å². The van der Waals surface area contributed by atoms with Gasteiger partial charge in [0.15, 0.2) is 11.5 Å².